The fraction of sp³-hybridized carbons (Fsp3) is 0.348. The molecule has 1 heterocycles. The second-order valence-electron chi connectivity index (χ2n) is 7.71. The first-order valence-corrected chi connectivity index (χ1v) is 9.99. The van der Waals surface area contributed by atoms with E-state index < -0.39 is 17.7 Å². The van der Waals surface area contributed by atoms with E-state index in [9.17, 15) is 18.8 Å². The molecule has 7 heteroatoms. The monoisotopic (exact) mass is 411 g/mol. The largest absolute Gasteiger partial charge is 0.352 e. The SMILES string of the molecule is Cc1ccc(CN2CCN(C[C@@H](C)C(=O)NCc3cccc(F)c3)C(=O)C2=O)cc1. The second kappa shape index (κ2) is 9.52. The first kappa shape index (κ1) is 21.5. The summed E-state index contributed by atoms with van der Waals surface area (Å²) in [5.74, 6) is -2.23. The van der Waals surface area contributed by atoms with Crippen LogP contribution in [0.15, 0.2) is 48.5 Å². The zero-order valence-electron chi connectivity index (χ0n) is 17.2. The van der Waals surface area contributed by atoms with E-state index in [4.69, 9.17) is 0 Å². The van der Waals surface area contributed by atoms with E-state index in [1.165, 1.54) is 21.9 Å². The van der Waals surface area contributed by atoms with Crippen LogP contribution in [0.4, 0.5) is 4.39 Å². The van der Waals surface area contributed by atoms with Crippen LogP contribution < -0.4 is 5.32 Å². The number of nitrogens with one attached hydrogen (secondary N) is 1. The molecule has 1 aliphatic rings. The minimum Gasteiger partial charge on any atom is -0.352 e. The summed E-state index contributed by atoms with van der Waals surface area (Å²) >= 11 is 0. The lowest BCUT2D eigenvalue weighted by Crippen LogP contribution is -2.55. The summed E-state index contributed by atoms with van der Waals surface area (Å²) in [6.07, 6.45) is 0. The van der Waals surface area contributed by atoms with Gasteiger partial charge in [-0.05, 0) is 30.2 Å². The Balaban J connectivity index is 1.50. The molecule has 0 unspecified atom stereocenters. The van der Waals surface area contributed by atoms with Crippen LogP contribution >= 0.6 is 0 Å². The van der Waals surface area contributed by atoms with Crippen molar-refractivity contribution in [2.24, 2.45) is 5.92 Å². The highest BCUT2D eigenvalue weighted by Gasteiger charge is 2.33. The van der Waals surface area contributed by atoms with Crippen molar-refractivity contribution >= 4 is 17.7 Å². The van der Waals surface area contributed by atoms with Crippen LogP contribution in [0.2, 0.25) is 0 Å². The van der Waals surface area contributed by atoms with Crippen molar-refractivity contribution in [3.8, 4) is 0 Å². The molecule has 3 amide bonds. The summed E-state index contributed by atoms with van der Waals surface area (Å²) < 4.78 is 13.2. The van der Waals surface area contributed by atoms with Crippen LogP contribution in [0.1, 0.15) is 23.6 Å². The minimum absolute atomic E-state index is 0.165. The number of carbonyl (C=O) groups is 3. The Bertz CT molecular complexity index is 930. The van der Waals surface area contributed by atoms with Crippen molar-refractivity contribution in [1.82, 2.24) is 15.1 Å². The third kappa shape index (κ3) is 5.43. The number of carbonyl (C=O) groups excluding carboxylic acids is 3. The maximum Gasteiger partial charge on any atom is 0.312 e. The molecule has 158 valence electrons. The normalized spacial score (nSPS) is 15.3. The van der Waals surface area contributed by atoms with Gasteiger partial charge in [-0.25, -0.2) is 4.39 Å². The third-order valence-corrected chi connectivity index (χ3v) is 5.19. The van der Waals surface area contributed by atoms with E-state index in [1.54, 1.807) is 19.1 Å². The Kier molecular flexibility index (Phi) is 6.82. The van der Waals surface area contributed by atoms with Crippen LogP contribution in [0.5, 0.6) is 0 Å². The molecule has 0 saturated carbocycles. The molecule has 1 N–H and O–H groups in total. The van der Waals surface area contributed by atoms with Gasteiger partial charge in [-0.2, -0.15) is 0 Å². The summed E-state index contributed by atoms with van der Waals surface area (Å²) in [6, 6.07) is 13.9. The van der Waals surface area contributed by atoms with Crippen LogP contribution in [0, 0.1) is 18.7 Å². The number of hydrogen-bond donors (Lipinski definition) is 1. The van der Waals surface area contributed by atoms with Crippen LogP contribution in [0.25, 0.3) is 0 Å². The summed E-state index contributed by atoms with van der Waals surface area (Å²) in [5, 5.41) is 2.75. The quantitative estimate of drug-likeness (QED) is 0.711. The Hall–Kier alpha value is -3.22. The molecule has 0 bridgehead atoms. The molecule has 1 fully saturated rings. The molecule has 2 aromatic carbocycles. The molecule has 0 aromatic heterocycles. The van der Waals surface area contributed by atoms with Gasteiger partial charge < -0.3 is 15.1 Å². The molecular weight excluding hydrogens is 385 g/mol. The fourth-order valence-corrected chi connectivity index (χ4v) is 3.38. The van der Waals surface area contributed by atoms with E-state index in [1.807, 2.05) is 31.2 Å². The number of benzene rings is 2. The Labute approximate surface area is 175 Å². The van der Waals surface area contributed by atoms with Gasteiger partial charge in [-0.15, -0.1) is 0 Å². The lowest BCUT2D eigenvalue weighted by Gasteiger charge is -2.34. The third-order valence-electron chi connectivity index (χ3n) is 5.19. The smallest absolute Gasteiger partial charge is 0.312 e. The molecule has 2 aromatic rings. The molecule has 0 radical (unpaired) electrons. The summed E-state index contributed by atoms with van der Waals surface area (Å²) in [7, 11) is 0. The van der Waals surface area contributed by atoms with Crippen molar-refractivity contribution < 1.29 is 18.8 Å². The molecule has 3 rings (SSSR count). The number of nitrogens with zero attached hydrogens (tertiary/aromatic N) is 2. The van der Waals surface area contributed by atoms with Gasteiger partial charge >= 0.3 is 11.8 Å². The number of piperazine rings is 1. The van der Waals surface area contributed by atoms with Gasteiger partial charge in [0.15, 0.2) is 0 Å². The average molecular weight is 411 g/mol. The second-order valence-corrected chi connectivity index (χ2v) is 7.71. The number of halogens is 1. The van der Waals surface area contributed by atoms with Crippen LogP contribution in [-0.4, -0.2) is 47.2 Å². The molecule has 0 spiro atoms. The van der Waals surface area contributed by atoms with Crippen molar-refractivity contribution in [2.75, 3.05) is 19.6 Å². The first-order chi connectivity index (χ1) is 14.3. The predicted octanol–water partition coefficient (Wildman–Crippen LogP) is 2.26. The highest BCUT2D eigenvalue weighted by molar-refractivity contribution is 6.35. The molecule has 1 aliphatic heterocycles. The van der Waals surface area contributed by atoms with E-state index >= 15 is 0 Å². The maximum atomic E-state index is 13.2. The topological polar surface area (TPSA) is 69.7 Å². The van der Waals surface area contributed by atoms with Crippen molar-refractivity contribution in [2.45, 2.75) is 26.9 Å². The minimum atomic E-state index is -0.585. The number of amides is 3. The predicted molar refractivity (Wildman–Crippen MR) is 111 cm³/mol. The molecule has 1 saturated heterocycles. The number of rotatable bonds is 7. The average Bonchev–Trinajstić information content (AvgIpc) is 2.73. The van der Waals surface area contributed by atoms with Gasteiger partial charge in [0, 0.05) is 32.7 Å². The number of aryl methyl sites for hydroxylation is 1. The maximum absolute atomic E-state index is 13.2. The van der Waals surface area contributed by atoms with Gasteiger partial charge in [-0.3, -0.25) is 14.4 Å². The Morgan fingerprint density at radius 3 is 2.40 bits per heavy atom. The summed E-state index contributed by atoms with van der Waals surface area (Å²) in [6.45, 7) is 5.27. The van der Waals surface area contributed by atoms with Crippen molar-refractivity contribution in [1.29, 1.82) is 0 Å². The highest BCUT2D eigenvalue weighted by Crippen LogP contribution is 2.13. The highest BCUT2D eigenvalue weighted by atomic mass is 19.1. The van der Waals surface area contributed by atoms with E-state index in [-0.39, 0.29) is 24.8 Å². The number of hydrogen-bond acceptors (Lipinski definition) is 3. The lowest BCUT2D eigenvalue weighted by molar-refractivity contribution is -0.157. The van der Waals surface area contributed by atoms with Gasteiger partial charge in [0.2, 0.25) is 5.91 Å². The standard InChI is InChI=1S/C23H26FN3O3/c1-16-6-8-18(9-7-16)15-27-11-10-26(22(29)23(27)30)14-17(2)21(28)25-13-19-4-3-5-20(24)12-19/h3-9,12,17H,10-11,13-15H2,1-2H3,(H,25,28)/t17-/m1/s1. The summed E-state index contributed by atoms with van der Waals surface area (Å²) in [4.78, 5) is 40.3. The zero-order valence-corrected chi connectivity index (χ0v) is 17.2. The van der Waals surface area contributed by atoms with E-state index in [2.05, 4.69) is 5.32 Å². The lowest BCUT2D eigenvalue weighted by atomic mass is 10.1. The van der Waals surface area contributed by atoms with E-state index in [0.29, 0.717) is 25.2 Å². The van der Waals surface area contributed by atoms with Crippen molar-refractivity contribution in [3.63, 3.8) is 0 Å². The molecule has 6 nitrogen and oxygen atoms in total. The van der Waals surface area contributed by atoms with Gasteiger partial charge in [0.05, 0.1) is 5.92 Å². The zero-order chi connectivity index (χ0) is 21.7. The Morgan fingerprint density at radius 1 is 1.03 bits per heavy atom. The fourth-order valence-electron chi connectivity index (χ4n) is 3.38. The molecular formula is C23H26FN3O3. The molecule has 30 heavy (non-hydrogen) atoms. The van der Waals surface area contributed by atoms with Crippen LogP contribution in [-0.2, 0) is 27.5 Å². The summed E-state index contributed by atoms with van der Waals surface area (Å²) in [5.41, 5.74) is 2.77. The van der Waals surface area contributed by atoms with Crippen molar-refractivity contribution in [3.05, 3.63) is 71.0 Å². The molecule has 0 aliphatic carbocycles. The molecule has 1 atom stereocenters. The van der Waals surface area contributed by atoms with E-state index in [0.717, 1.165) is 11.1 Å². The van der Waals surface area contributed by atoms with Gasteiger partial charge in [0.1, 0.15) is 5.82 Å². The first-order valence-electron chi connectivity index (χ1n) is 9.99. The Morgan fingerprint density at radius 2 is 1.70 bits per heavy atom. The van der Waals surface area contributed by atoms with Gasteiger partial charge in [0.25, 0.3) is 0 Å². The van der Waals surface area contributed by atoms with Gasteiger partial charge in [-0.1, -0.05) is 48.9 Å². The van der Waals surface area contributed by atoms with Crippen LogP contribution in [0.3, 0.4) is 0 Å².